The first-order valence-electron chi connectivity index (χ1n) is 9.19. The predicted octanol–water partition coefficient (Wildman–Crippen LogP) is 4.40. The first kappa shape index (κ1) is 17.3. The number of rotatable bonds is 3. The fourth-order valence-electron chi connectivity index (χ4n) is 3.88. The minimum Gasteiger partial charge on any atom is -0.462 e. The molecule has 0 aliphatic carbocycles. The average molecular weight is 363 g/mol. The fraction of sp³-hybridized carbons (Fsp3) is 0.273. The molecule has 0 bridgehead atoms. The lowest BCUT2D eigenvalue weighted by Crippen LogP contribution is -2.09. The summed E-state index contributed by atoms with van der Waals surface area (Å²) in [5.41, 5.74) is 2.53. The fourth-order valence-corrected chi connectivity index (χ4v) is 3.88. The van der Waals surface area contributed by atoms with E-state index in [2.05, 4.69) is 16.7 Å². The highest BCUT2D eigenvalue weighted by atomic mass is 16.5. The minimum atomic E-state index is -0.388. The summed E-state index contributed by atoms with van der Waals surface area (Å²) < 4.78 is 13.0. The number of nitrogens with zero attached hydrogens (tertiary/aromatic N) is 1. The molecule has 0 atom stereocenters. The van der Waals surface area contributed by atoms with Crippen molar-refractivity contribution in [1.82, 2.24) is 4.57 Å². The zero-order valence-corrected chi connectivity index (χ0v) is 15.5. The topological polar surface area (TPSA) is 57.5 Å². The third-order valence-corrected chi connectivity index (χ3v) is 4.87. The highest BCUT2D eigenvalue weighted by Gasteiger charge is 2.26. The van der Waals surface area contributed by atoms with Crippen molar-refractivity contribution in [2.24, 2.45) is 0 Å². The van der Waals surface area contributed by atoms with Crippen LogP contribution >= 0.6 is 0 Å². The van der Waals surface area contributed by atoms with Crippen molar-refractivity contribution in [3.8, 4) is 5.75 Å². The lowest BCUT2D eigenvalue weighted by Gasteiger charge is -2.11. The summed E-state index contributed by atoms with van der Waals surface area (Å²) in [6, 6.07) is 9.61. The van der Waals surface area contributed by atoms with E-state index >= 15 is 0 Å². The lowest BCUT2D eigenvalue weighted by atomic mass is 10.0. The standard InChI is InChI=1S/C22H21NO4/c1-3-26-22(25)20-17-13-19(27-14(2)24)15-9-6-7-10-16(15)21(17)23-12-8-4-5-11-18(20)23/h4,6-10,13H,3,5,11-12H2,1-2H3. The highest BCUT2D eigenvalue weighted by molar-refractivity contribution is 6.16. The monoisotopic (exact) mass is 363 g/mol. The van der Waals surface area contributed by atoms with Crippen LogP contribution in [0.25, 0.3) is 21.7 Å². The minimum absolute atomic E-state index is 0.313. The number of carbonyl (C=O) groups excluding carboxylic acids is 2. The molecule has 2 heterocycles. The SMILES string of the molecule is CCOC(=O)c1c2n(c3c1cc(OC(C)=O)c1ccccc13)CC=CCC2. The molecule has 4 rings (SSSR count). The van der Waals surface area contributed by atoms with Gasteiger partial charge in [0.2, 0.25) is 0 Å². The Kier molecular flexibility index (Phi) is 4.44. The van der Waals surface area contributed by atoms with E-state index in [4.69, 9.17) is 9.47 Å². The molecule has 1 aliphatic rings. The molecule has 3 aromatic rings. The number of benzene rings is 2. The van der Waals surface area contributed by atoms with Crippen molar-refractivity contribution in [2.45, 2.75) is 33.2 Å². The van der Waals surface area contributed by atoms with Crippen molar-refractivity contribution in [1.29, 1.82) is 0 Å². The molecule has 0 amide bonds. The molecule has 1 aliphatic heterocycles. The van der Waals surface area contributed by atoms with Crippen molar-refractivity contribution in [3.63, 3.8) is 0 Å². The molecule has 5 heteroatoms. The van der Waals surface area contributed by atoms with Crippen LogP contribution in [0.15, 0.2) is 42.5 Å². The molecule has 5 nitrogen and oxygen atoms in total. The molecule has 0 saturated carbocycles. The van der Waals surface area contributed by atoms with Crippen LogP contribution in [0.5, 0.6) is 5.75 Å². The summed E-state index contributed by atoms with van der Waals surface area (Å²) >= 11 is 0. The Morgan fingerprint density at radius 2 is 1.89 bits per heavy atom. The number of aromatic nitrogens is 1. The second-order valence-corrected chi connectivity index (χ2v) is 6.57. The smallest absolute Gasteiger partial charge is 0.340 e. The van der Waals surface area contributed by atoms with E-state index in [1.54, 1.807) is 13.0 Å². The van der Waals surface area contributed by atoms with Crippen LogP contribution in [0.2, 0.25) is 0 Å². The molecule has 0 N–H and O–H groups in total. The number of hydrogen-bond donors (Lipinski definition) is 0. The van der Waals surface area contributed by atoms with Crippen LogP contribution in [0, 0.1) is 0 Å². The zero-order chi connectivity index (χ0) is 19.0. The average Bonchev–Trinajstić information content (AvgIpc) is 2.78. The number of esters is 2. The van der Waals surface area contributed by atoms with E-state index in [0.717, 1.165) is 40.2 Å². The Labute approximate surface area is 157 Å². The molecule has 0 unspecified atom stereocenters. The predicted molar refractivity (Wildman–Crippen MR) is 104 cm³/mol. The quantitative estimate of drug-likeness (QED) is 0.393. The van der Waals surface area contributed by atoms with Gasteiger partial charge in [-0.05, 0) is 25.8 Å². The third-order valence-electron chi connectivity index (χ3n) is 4.87. The molecule has 0 fully saturated rings. The van der Waals surface area contributed by atoms with Crippen LogP contribution in [0.4, 0.5) is 0 Å². The Balaban J connectivity index is 2.13. The lowest BCUT2D eigenvalue weighted by molar-refractivity contribution is -0.131. The van der Waals surface area contributed by atoms with Gasteiger partial charge in [-0.3, -0.25) is 4.79 Å². The van der Waals surface area contributed by atoms with Gasteiger partial charge in [-0.1, -0.05) is 36.4 Å². The van der Waals surface area contributed by atoms with Crippen LogP contribution < -0.4 is 4.74 Å². The number of ether oxygens (including phenoxy) is 2. The van der Waals surface area contributed by atoms with Crippen molar-refractivity contribution in [3.05, 3.63) is 53.7 Å². The van der Waals surface area contributed by atoms with Crippen molar-refractivity contribution >= 4 is 33.6 Å². The maximum atomic E-state index is 12.8. The zero-order valence-electron chi connectivity index (χ0n) is 15.5. The molecule has 1 aromatic heterocycles. The maximum absolute atomic E-state index is 12.8. The summed E-state index contributed by atoms with van der Waals surface area (Å²) in [5.74, 6) is -0.254. The summed E-state index contributed by atoms with van der Waals surface area (Å²) in [6.45, 7) is 4.19. The van der Waals surface area contributed by atoms with E-state index < -0.39 is 0 Å². The van der Waals surface area contributed by atoms with Crippen LogP contribution in [-0.4, -0.2) is 23.1 Å². The first-order chi connectivity index (χ1) is 13.1. The van der Waals surface area contributed by atoms with Crippen molar-refractivity contribution in [2.75, 3.05) is 6.61 Å². The van der Waals surface area contributed by atoms with E-state index in [1.165, 1.54) is 6.92 Å². The van der Waals surface area contributed by atoms with Gasteiger partial charge in [0, 0.05) is 35.3 Å². The van der Waals surface area contributed by atoms with E-state index in [0.29, 0.717) is 24.5 Å². The Morgan fingerprint density at radius 1 is 1.11 bits per heavy atom. The first-order valence-corrected chi connectivity index (χ1v) is 9.19. The van der Waals surface area contributed by atoms with Crippen molar-refractivity contribution < 1.29 is 19.1 Å². The summed E-state index contributed by atoms with van der Waals surface area (Å²) in [6.07, 6.45) is 5.90. The molecule has 27 heavy (non-hydrogen) atoms. The number of allylic oxidation sites excluding steroid dienone is 2. The number of hydrogen-bond acceptors (Lipinski definition) is 4. The van der Waals surface area contributed by atoms with Gasteiger partial charge in [0.05, 0.1) is 17.7 Å². The summed E-state index contributed by atoms with van der Waals surface area (Å²) in [7, 11) is 0. The molecule has 138 valence electrons. The second-order valence-electron chi connectivity index (χ2n) is 6.57. The van der Waals surface area contributed by atoms with Gasteiger partial charge >= 0.3 is 11.9 Å². The molecule has 2 aromatic carbocycles. The maximum Gasteiger partial charge on any atom is 0.340 e. The molecule has 0 saturated heterocycles. The normalized spacial score (nSPS) is 13.4. The molecular formula is C22H21NO4. The van der Waals surface area contributed by atoms with Gasteiger partial charge in [-0.15, -0.1) is 0 Å². The Hall–Kier alpha value is -3.08. The van der Waals surface area contributed by atoms with Gasteiger partial charge in [-0.2, -0.15) is 0 Å². The second kappa shape index (κ2) is 6.91. The number of fused-ring (bicyclic) bond motifs is 5. The van der Waals surface area contributed by atoms with Gasteiger partial charge in [0.1, 0.15) is 5.75 Å². The van der Waals surface area contributed by atoms with E-state index in [-0.39, 0.29) is 11.9 Å². The van der Waals surface area contributed by atoms with Gasteiger partial charge in [0.25, 0.3) is 0 Å². The van der Waals surface area contributed by atoms with Gasteiger partial charge in [-0.25, -0.2) is 4.79 Å². The highest BCUT2D eigenvalue weighted by Crippen LogP contribution is 2.39. The van der Waals surface area contributed by atoms with Crippen LogP contribution in [0.3, 0.4) is 0 Å². The Bertz CT molecular complexity index is 1090. The van der Waals surface area contributed by atoms with Crippen LogP contribution in [-0.2, 0) is 22.5 Å². The van der Waals surface area contributed by atoms with E-state index in [9.17, 15) is 9.59 Å². The van der Waals surface area contributed by atoms with Gasteiger partial charge < -0.3 is 14.0 Å². The number of carbonyl (C=O) groups is 2. The Morgan fingerprint density at radius 3 is 2.63 bits per heavy atom. The van der Waals surface area contributed by atoms with Gasteiger partial charge in [0.15, 0.2) is 0 Å². The summed E-state index contributed by atoms with van der Waals surface area (Å²) in [4.78, 5) is 24.4. The molecular weight excluding hydrogens is 342 g/mol. The molecule has 0 spiro atoms. The molecule has 0 radical (unpaired) electrons. The van der Waals surface area contributed by atoms with E-state index in [1.807, 2.05) is 24.3 Å². The largest absolute Gasteiger partial charge is 0.462 e. The third kappa shape index (κ3) is 2.89. The van der Waals surface area contributed by atoms with Crippen LogP contribution in [0.1, 0.15) is 36.3 Å². The summed E-state index contributed by atoms with van der Waals surface area (Å²) in [5, 5.41) is 2.58.